The SMILES string of the molecule is CCCCCC1CCCN(N2CCC(CCOc3ccc(Cl)c(Cl)c3)CC2)C1. The maximum Gasteiger partial charge on any atom is 0.120 e. The highest BCUT2D eigenvalue weighted by atomic mass is 35.5. The Kier molecular flexibility index (Phi) is 9.23. The third-order valence-electron chi connectivity index (χ3n) is 6.39. The molecule has 1 atom stereocenters. The van der Waals surface area contributed by atoms with Gasteiger partial charge >= 0.3 is 0 Å². The van der Waals surface area contributed by atoms with E-state index in [0.717, 1.165) is 30.6 Å². The molecule has 0 saturated carbocycles. The van der Waals surface area contributed by atoms with Crippen LogP contribution in [0.1, 0.15) is 64.7 Å². The van der Waals surface area contributed by atoms with Crippen molar-refractivity contribution in [2.75, 3.05) is 32.8 Å². The number of hydrogen-bond acceptors (Lipinski definition) is 3. The molecule has 3 nitrogen and oxygen atoms in total. The Morgan fingerprint density at radius 3 is 2.50 bits per heavy atom. The Bertz CT molecular complexity index is 590. The lowest BCUT2D eigenvalue weighted by molar-refractivity contribution is -0.0765. The van der Waals surface area contributed by atoms with Crippen LogP contribution in [0.2, 0.25) is 10.0 Å². The van der Waals surface area contributed by atoms with Crippen LogP contribution in [-0.4, -0.2) is 42.8 Å². The number of hydrogen-bond donors (Lipinski definition) is 0. The molecule has 0 aromatic heterocycles. The van der Waals surface area contributed by atoms with Crippen molar-refractivity contribution in [3.05, 3.63) is 28.2 Å². The molecule has 3 rings (SSSR count). The number of unbranched alkanes of at least 4 members (excludes halogenated alkanes) is 2. The van der Waals surface area contributed by atoms with Crippen LogP contribution in [0.25, 0.3) is 0 Å². The second-order valence-corrected chi connectivity index (χ2v) is 9.34. The predicted octanol–water partition coefficient (Wildman–Crippen LogP) is 6.68. The number of halogens is 2. The van der Waals surface area contributed by atoms with Crippen molar-refractivity contribution in [2.45, 2.75) is 64.7 Å². The largest absolute Gasteiger partial charge is 0.494 e. The van der Waals surface area contributed by atoms with Crippen LogP contribution in [-0.2, 0) is 0 Å². The summed E-state index contributed by atoms with van der Waals surface area (Å²) in [5.74, 6) is 2.50. The van der Waals surface area contributed by atoms with Gasteiger partial charge in [0.1, 0.15) is 5.75 Å². The Morgan fingerprint density at radius 1 is 0.929 bits per heavy atom. The average molecular weight is 427 g/mol. The molecule has 0 spiro atoms. The van der Waals surface area contributed by atoms with Gasteiger partial charge in [-0.3, -0.25) is 0 Å². The van der Waals surface area contributed by atoms with Crippen LogP contribution in [0.3, 0.4) is 0 Å². The van der Waals surface area contributed by atoms with Crippen molar-refractivity contribution in [1.82, 2.24) is 10.0 Å². The molecule has 2 aliphatic heterocycles. The van der Waals surface area contributed by atoms with Crippen molar-refractivity contribution in [2.24, 2.45) is 11.8 Å². The first-order valence-electron chi connectivity index (χ1n) is 11.2. The van der Waals surface area contributed by atoms with Gasteiger partial charge in [0.25, 0.3) is 0 Å². The molecule has 1 unspecified atom stereocenters. The summed E-state index contributed by atoms with van der Waals surface area (Å²) in [6, 6.07) is 5.50. The third kappa shape index (κ3) is 6.79. The molecule has 5 heteroatoms. The summed E-state index contributed by atoms with van der Waals surface area (Å²) in [6.07, 6.45) is 12.0. The van der Waals surface area contributed by atoms with Gasteiger partial charge in [-0.1, -0.05) is 49.4 Å². The zero-order valence-corrected chi connectivity index (χ0v) is 18.9. The zero-order chi connectivity index (χ0) is 19.8. The van der Waals surface area contributed by atoms with Gasteiger partial charge in [-0.25, -0.2) is 10.0 Å². The van der Waals surface area contributed by atoms with Crippen molar-refractivity contribution in [1.29, 1.82) is 0 Å². The molecule has 1 aromatic carbocycles. The van der Waals surface area contributed by atoms with E-state index in [1.54, 1.807) is 12.1 Å². The molecular formula is C23H36Cl2N2O. The van der Waals surface area contributed by atoms with Crippen molar-refractivity contribution < 1.29 is 4.74 Å². The highest BCUT2D eigenvalue weighted by Gasteiger charge is 2.27. The zero-order valence-electron chi connectivity index (χ0n) is 17.3. The lowest BCUT2D eigenvalue weighted by atomic mass is 9.92. The summed E-state index contributed by atoms with van der Waals surface area (Å²) >= 11 is 12.0. The summed E-state index contributed by atoms with van der Waals surface area (Å²) in [6.45, 7) is 8.02. The van der Waals surface area contributed by atoms with Gasteiger partial charge in [-0.15, -0.1) is 0 Å². The molecule has 28 heavy (non-hydrogen) atoms. The summed E-state index contributed by atoms with van der Waals surface area (Å²) < 4.78 is 5.88. The lowest BCUT2D eigenvalue weighted by Crippen LogP contribution is -2.51. The van der Waals surface area contributed by atoms with E-state index in [9.17, 15) is 0 Å². The fraction of sp³-hybridized carbons (Fsp3) is 0.739. The van der Waals surface area contributed by atoms with E-state index in [1.165, 1.54) is 77.5 Å². The minimum Gasteiger partial charge on any atom is -0.494 e. The molecule has 2 aliphatic rings. The van der Waals surface area contributed by atoms with Gasteiger partial charge in [-0.2, -0.15) is 0 Å². The minimum absolute atomic E-state index is 0.557. The molecule has 0 aliphatic carbocycles. The number of rotatable bonds is 9. The quantitative estimate of drug-likeness (QED) is 0.409. The summed E-state index contributed by atoms with van der Waals surface area (Å²) in [5, 5.41) is 6.44. The molecule has 1 aromatic rings. The maximum absolute atomic E-state index is 6.05. The molecule has 158 valence electrons. The van der Waals surface area contributed by atoms with Gasteiger partial charge < -0.3 is 4.74 Å². The van der Waals surface area contributed by atoms with Gasteiger partial charge in [0, 0.05) is 32.2 Å². The Labute approximate surface area is 181 Å². The number of benzene rings is 1. The van der Waals surface area contributed by atoms with Crippen molar-refractivity contribution in [3.8, 4) is 5.75 Å². The molecule has 2 fully saturated rings. The fourth-order valence-electron chi connectivity index (χ4n) is 4.62. The van der Waals surface area contributed by atoms with Crippen LogP contribution >= 0.6 is 23.2 Å². The summed E-state index contributed by atoms with van der Waals surface area (Å²) in [5.41, 5.74) is 0. The van der Waals surface area contributed by atoms with E-state index in [0.29, 0.717) is 10.0 Å². The van der Waals surface area contributed by atoms with Crippen LogP contribution < -0.4 is 4.74 Å². The average Bonchev–Trinajstić information content (AvgIpc) is 2.72. The number of nitrogens with zero attached hydrogens (tertiary/aromatic N) is 2. The highest BCUT2D eigenvalue weighted by Crippen LogP contribution is 2.29. The summed E-state index contributed by atoms with van der Waals surface area (Å²) in [7, 11) is 0. The van der Waals surface area contributed by atoms with Crippen LogP contribution in [0.4, 0.5) is 0 Å². The van der Waals surface area contributed by atoms with E-state index < -0.39 is 0 Å². The lowest BCUT2D eigenvalue weighted by Gasteiger charge is -2.43. The molecule has 0 N–H and O–H groups in total. The highest BCUT2D eigenvalue weighted by molar-refractivity contribution is 6.42. The van der Waals surface area contributed by atoms with Gasteiger partial charge in [-0.05, 0) is 62.5 Å². The van der Waals surface area contributed by atoms with Gasteiger partial charge in [0.15, 0.2) is 0 Å². The number of ether oxygens (including phenoxy) is 1. The number of hydrazine groups is 1. The van der Waals surface area contributed by atoms with Crippen molar-refractivity contribution >= 4 is 23.2 Å². The van der Waals surface area contributed by atoms with Crippen LogP contribution in [0, 0.1) is 11.8 Å². The second kappa shape index (κ2) is 11.6. The van der Waals surface area contributed by atoms with Gasteiger partial charge in [0.2, 0.25) is 0 Å². The standard InChI is InChI=1S/C23H36Cl2N2O/c1-2-3-4-6-20-7-5-13-27(18-20)26-14-10-19(11-15-26)12-16-28-21-8-9-22(24)23(25)17-21/h8-9,17,19-20H,2-7,10-16,18H2,1H3. The number of piperidine rings is 2. The first-order valence-corrected chi connectivity index (χ1v) is 12.0. The first kappa shape index (κ1) is 22.2. The van der Waals surface area contributed by atoms with E-state index in [2.05, 4.69) is 16.9 Å². The Morgan fingerprint density at radius 2 is 1.75 bits per heavy atom. The molecule has 2 saturated heterocycles. The van der Waals surface area contributed by atoms with Crippen molar-refractivity contribution in [3.63, 3.8) is 0 Å². The van der Waals surface area contributed by atoms with Crippen LogP contribution in [0.5, 0.6) is 5.75 Å². The van der Waals surface area contributed by atoms with Crippen LogP contribution in [0.15, 0.2) is 18.2 Å². The first-order chi connectivity index (χ1) is 13.7. The van der Waals surface area contributed by atoms with E-state index in [-0.39, 0.29) is 0 Å². The molecular weight excluding hydrogens is 391 g/mol. The smallest absolute Gasteiger partial charge is 0.120 e. The molecule has 0 bridgehead atoms. The molecule has 2 heterocycles. The minimum atomic E-state index is 0.557. The maximum atomic E-state index is 6.05. The predicted molar refractivity (Wildman–Crippen MR) is 119 cm³/mol. The molecule has 0 amide bonds. The van der Waals surface area contributed by atoms with E-state index in [1.807, 2.05) is 6.07 Å². The second-order valence-electron chi connectivity index (χ2n) is 8.53. The van der Waals surface area contributed by atoms with E-state index in [4.69, 9.17) is 27.9 Å². The Hall–Kier alpha value is -0.480. The normalized spacial score (nSPS) is 22.5. The summed E-state index contributed by atoms with van der Waals surface area (Å²) in [4.78, 5) is 0. The molecule has 0 radical (unpaired) electrons. The van der Waals surface area contributed by atoms with Gasteiger partial charge in [0.05, 0.1) is 16.7 Å². The Balaban J connectivity index is 1.34. The fourth-order valence-corrected chi connectivity index (χ4v) is 4.91. The van der Waals surface area contributed by atoms with E-state index >= 15 is 0 Å². The monoisotopic (exact) mass is 426 g/mol. The third-order valence-corrected chi connectivity index (χ3v) is 7.13. The topological polar surface area (TPSA) is 15.7 Å².